The summed E-state index contributed by atoms with van der Waals surface area (Å²) in [6.07, 6.45) is 0.736. The smallest absolute Gasteiger partial charge is 0.308 e. The first kappa shape index (κ1) is 13.6. The Morgan fingerprint density at radius 3 is 2.36 bits per heavy atom. The van der Waals surface area contributed by atoms with Crippen molar-refractivity contribution in [3.63, 3.8) is 0 Å². The van der Waals surface area contributed by atoms with Crippen molar-refractivity contribution in [1.29, 1.82) is 0 Å². The average Bonchev–Trinajstić information content (AvgIpc) is 2.01. The van der Waals surface area contributed by atoms with Crippen molar-refractivity contribution in [1.82, 2.24) is 5.09 Å². The van der Waals surface area contributed by atoms with Crippen LogP contribution in [0.25, 0.3) is 0 Å². The standard InChI is InChI=1S/C8H18NO4P/c1-5-7(10)9-14(11,12)13-8(3,4)6-2/h5-6H2,1-4H3,(H2,9,10,11,12). The van der Waals surface area contributed by atoms with Crippen LogP contribution in [-0.4, -0.2) is 16.4 Å². The molecular weight excluding hydrogens is 205 g/mol. The highest BCUT2D eigenvalue weighted by atomic mass is 31.2. The zero-order valence-electron chi connectivity index (χ0n) is 9.03. The molecule has 0 spiro atoms. The summed E-state index contributed by atoms with van der Waals surface area (Å²) in [6, 6.07) is 0. The van der Waals surface area contributed by atoms with Crippen LogP contribution in [0.2, 0.25) is 0 Å². The fourth-order valence-corrected chi connectivity index (χ4v) is 1.98. The van der Waals surface area contributed by atoms with E-state index >= 15 is 0 Å². The third-order valence-electron chi connectivity index (χ3n) is 1.81. The molecule has 14 heavy (non-hydrogen) atoms. The highest BCUT2D eigenvalue weighted by Crippen LogP contribution is 2.42. The van der Waals surface area contributed by atoms with E-state index in [0.29, 0.717) is 6.42 Å². The SMILES string of the molecule is CCC(=O)NP(=O)(O)OC(C)(C)CC. The van der Waals surface area contributed by atoms with E-state index in [1.807, 2.05) is 12.0 Å². The monoisotopic (exact) mass is 223 g/mol. The molecule has 1 atom stereocenters. The Morgan fingerprint density at radius 1 is 1.50 bits per heavy atom. The van der Waals surface area contributed by atoms with Crippen molar-refractivity contribution in [3.05, 3.63) is 0 Å². The molecule has 0 aliphatic carbocycles. The van der Waals surface area contributed by atoms with Crippen molar-refractivity contribution < 1.29 is 18.8 Å². The van der Waals surface area contributed by atoms with E-state index in [1.165, 1.54) is 0 Å². The quantitative estimate of drug-likeness (QED) is 0.697. The Balaban J connectivity index is 4.35. The maximum Gasteiger partial charge on any atom is 0.432 e. The van der Waals surface area contributed by atoms with E-state index in [9.17, 15) is 14.3 Å². The molecule has 0 aromatic rings. The van der Waals surface area contributed by atoms with Crippen molar-refractivity contribution in [2.24, 2.45) is 0 Å². The zero-order chi connectivity index (χ0) is 11.4. The number of rotatable bonds is 5. The van der Waals surface area contributed by atoms with Gasteiger partial charge in [0, 0.05) is 6.42 Å². The first-order chi connectivity index (χ1) is 6.22. The number of carbonyl (C=O) groups is 1. The first-order valence-corrected chi connectivity index (χ1v) is 6.15. The van der Waals surface area contributed by atoms with E-state index in [-0.39, 0.29) is 6.42 Å². The van der Waals surface area contributed by atoms with Crippen LogP contribution in [-0.2, 0) is 13.9 Å². The maximum atomic E-state index is 11.4. The highest BCUT2D eigenvalue weighted by Gasteiger charge is 2.30. The Bertz CT molecular complexity index is 252. The molecule has 2 N–H and O–H groups in total. The van der Waals surface area contributed by atoms with Gasteiger partial charge in [-0.1, -0.05) is 13.8 Å². The molecule has 84 valence electrons. The number of hydrogen-bond donors (Lipinski definition) is 2. The van der Waals surface area contributed by atoms with Crippen LogP contribution in [0, 0.1) is 0 Å². The number of amides is 1. The lowest BCUT2D eigenvalue weighted by Gasteiger charge is -2.26. The van der Waals surface area contributed by atoms with Gasteiger partial charge in [0.1, 0.15) is 0 Å². The highest BCUT2D eigenvalue weighted by molar-refractivity contribution is 7.51. The first-order valence-electron chi connectivity index (χ1n) is 4.57. The number of nitrogens with one attached hydrogen (secondary N) is 1. The summed E-state index contributed by atoms with van der Waals surface area (Å²) < 4.78 is 16.3. The molecule has 0 bridgehead atoms. The Labute approximate surface area is 84.4 Å². The van der Waals surface area contributed by atoms with Gasteiger partial charge in [-0.3, -0.25) is 14.4 Å². The third-order valence-corrected chi connectivity index (χ3v) is 3.08. The Morgan fingerprint density at radius 2 is 2.00 bits per heavy atom. The molecule has 1 unspecified atom stereocenters. The lowest BCUT2D eigenvalue weighted by atomic mass is 10.1. The van der Waals surface area contributed by atoms with Gasteiger partial charge in [0.25, 0.3) is 0 Å². The summed E-state index contributed by atoms with van der Waals surface area (Å²) in [5.74, 6) is -0.497. The van der Waals surface area contributed by atoms with E-state index < -0.39 is 19.3 Å². The summed E-state index contributed by atoms with van der Waals surface area (Å²) in [7, 11) is -4.00. The second-order valence-corrected chi connectivity index (χ2v) is 5.06. The molecule has 0 aromatic carbocycles. The summed E-state index contributed by atoms with van der Waals surface area (Å²) >= 11 is 0. The van der Waals surface area contributed by atoms with Gasteiger partial charge in [-0.2, -0.15) is 0 Å². The van der Waals surface area contributed by atoms with Crippen LogP contribution in [0.4, 0.5) is 0 Å². The Kier molecular flexibility index (Phi) is 4.78. The molecule has 0 aliphatic heterocycles. The minimum Gasteiger partial charge on any atom is -0.308 e. The number of hydrogen-bond acceptors (Lipinski definition) is 3. The molecule has 0 radical (unpaired) electrons. The van der Waals surface area contributed by atoms with Crippen molar-refractivity contribution in [2.75, 3.05) is 0 Å². The molecular formula is C8H18NO4P. The molecule has 1 amide bonds. The topological polar surface area (TPSA) is 75.6 Å². The second kappa shape index (κ2) is 4.91. The van der Waals surface area contributed by atoms with Gasteiger partial charge in [0.15, 0.2) is 0 Å². The van der Waals surface area contributed by atoms with Crippen LogP contribution in [0.5, 0.6) is 0 Å². The Hall–Kier alpha value is -0.380. The normalized spacial score (nSPS) is 16.1. The van der Waals surface area contributed by atoms with Crippen LogP contribution in [0.3, 0.4) is 0 Å². The van der Waals surface area contributed by atoms with Gasteiger partial charge in [-0.05, 0) is 20.3 Å². The zero-order valence-corrected chi connectivity index (χ0v) is 9.93. The largest absolute Gasteiger partial charge is 0.432 e. The average molecular weight is 223 g/mol. The summed E-state index contributed by atoms with van der Waals surface area (Å²) in [6.45, 7) is 6.81. The van der Waals surface area contributed by atoms with Crippen LogP contribution < -0.4 is 5.09 Å². The predicted octanol–water partition coefficient (Wildman–Crippen LogP) is 1.82. The lowest BCUT2D eigenvalue weighted by Crippen LogP contribution is -2.28. The second-order valence-electron chi connectivity index (χ2n) is 3.61. The van der Waals surface area contributed by atoms with Crippen molar-refractivity contribution in [3.8, 4) is 0 Å². The lowest BCUT2D eigenvalue weighted by molar-refractivity contribution is -0.119. The molecule has 0 aromatic heterocycles. The fraction of sp³-hybridized carbons (Fsp3) is 0.875. The molecule has 0 heterocycles. The van der Waals surface area contributed by atoms with Gasteiger partial charge < -0.3 is 4.89 Å². The molecule has 6 heteroatoms. The van der Waals surface area contributed by atoms with Crippen LogP contribution in [0.15, 0.2) is 0 Å². The summed E-state index contributed by atoms with van der Waals surface area (Å²) in [5.41, 5.74) is -0.717. The van der Waals surface area contributed by atoms with Crippen molar-refractivity contribution >= 4 is 13.7 Å². The van der Waals surface area contributed by atoms with E-state index in [0.717, 1.165) is 0 Å². The molecule has 0 aliphatic rings. The van der Waals surface area contributed by atoms with Crippen LogP contribution in [0.1, 0.15) is 40.5 Å². The van der Waals surface area contributed by atoms with Gasteiger partial charge in [0.2, 0.25) is 5.91 Å². The van der Waals surface area contributed by atoms with Crippen molar-refractivity contribution in [2.45, 2.75) is 46.1 Å². The molecule has 0 fully saturated rings. The maximum absolute atomic E-state index is 11.4. The fourth-order valence-electron chi connectivity index (χ4n) is 0.659. The van der Waals surface area contributed by atoms with E-state index in [4.69, 9.17) is 4.52 Å². The summed E-state index contributed by atoms with van der Waals surface area (Å²) in [5, 5.41) is 1.95. The minimum absolute atomic E-state index is 0.153. The van der Waals surface area contributed by atoms with Gasteiger partial charge in [-0.25, -0.2) is 4.57 Å². The number of carbonyl (C=O) groups excluding carboxylic acids is 1. The van der Waals surface area contributed by atoms with Gasteiger partial charge in [0.05, 0.1) is 5.60 Å². The molecule has 0 saturated heterocycles. The minimum atomic E-state index is -4.00. The van der Waals surface area contributed by atoms with E-state index in [2.05, 4.69) is 0 Å². The van der Waals surface area contributed by atoms with Crippen LogP contribution >= 0.6 is 7.75 Å². The van der Waals surface area contributed by atoms with Gasteiger partial charge in [-0.15, -0.1) is 0 Å². The molecule has 5 nitrogen and oxygen atoms in total. The summed E-state index contributed by atoms with van der Waals surface area (Å²) in [4.78, 5) is 20.2. The van der Waals surface area contributed by atoms with E-state index in [1.54, 1.807) is 20.8 Å². The van der Waals surface area contributed by atoms with Gasteiger partial charge >= 0.3 is 7.75 Å². The third kappa shape index (κ3) is 5.37. The molecule has 0 saturated carbocycles. The predicted molar refractivity (Wildman–Crippen MR) is 53.7 cm³/mol. The molecule has 0 rings (SSSR count).